The Balaban J connectivity index is 3.29. The summed E-state index contributed by atoms with van der Waals surface area (Å²) in [5.41, 5.74) is 0. The van der Waals surface area contributed by atoms with Crippen LogP contribution in [0.15, 0.2) is 0 Å². The monoisotopic (exact) mass is 272 g/mol. The molecular formula is C10H19F3N2OS. The quantitative estimate of drug-likeness (QED) is 0.524. The predicted octanol–water partition coefficient (Wildman–Crippen LogP) is 2.22. The van der Waals surface area contributed by atoms with Gasteiger partial charge in [0.1, 0.15) is 0 Å². The SMILES string of the molecule is CCOCCCNC(=S)NCCCC(F)(F)F. The van der Waals surface area contributed by atoms with E-state index in [1.165, 1.54) is 0 Å². The fraction of sp³-hybridized carbons (Fsp3) is 0.900. The van der Waals surface area contributed by atoms with Crippen LogP contribution in [0, 0.1) is 0 Å². The third-order valence-corrected chi connectivity index (χ3v) is 2.17. The Morgan fingerprint density at radius 3 is 2.29 bits per heavy atom. The molecule has 0 fully saturated rings. The molecule has 0 aliphatic carbocycles. The lowest BCUT2D eigenvalue weighted by Crippen LogP contribution is -2.36. The number of hydrogen-bond donors (Lipinski definition) is 2. The highest BCUT2D eigenvalue weighted by molar-refractivity contribution is 7.80. The lowest BCUT2D eigenvalue weighted by molar-refractivity contribution is -0.135. The Bertz CT molecular complexity index is 212. The summed E-state index contributed by atoms with van der Waals surface area (Å²) in [6.07, 6.45) is -4.02. The highest BCUT2D eigenvalue weighted by Crippen LogP contribution is 2.20. The van der Waals surface area contributed by atoms with Crippen LogP contribution in [-0.4, -0.2) is 37.6 Å². The normalized spacial score (nSPS) is 11.3. The number of ether oxygens (including phenoxy) is 1. The van der Waals surface area contributed by atoms with E-state index < -0.39 is 12.6 Å². The molecule has 0 aromatic heterocycles. The Hall–Kier alpha value is -0.560. The molecule has 0 aliphatic rings. The second-order valence-corrected chi connectivity index (χ2v) is 3.86. The maximum Gasteiger partial charge on any atom is 0.389 e. The number of nitrogens with one attached hydrogen (secondary N) is 2. The lowest BCUT2D eigenvalue weighted by Gasteiger charge is -2.11. The zero-order valence-corrected chi connectivity index (χ0v) is 10.7. The van der Waals surface area contributed by atoms with Gasteiger partial charge in [0.15, 0.2) is 5.11 Å². The summed E-state index contributed by atoms with van der Waals surface area (Å²) in [5.74, 6) is 0. The highest BCUT2D eigenvalue weighted by Gasteiger charge is 2.25. The largest absolute Gasteiger partial charge is 0.389 e. The molecule has 0 bridgehead atoms. The van der Waals surface area contributed by atoms with Crippen molar-refractivity contribution in [2.45, 2.75) is 32.4 Å². The predicted molar refractivity (Wildman–Crippen MR) is 65.0 cm³/mol. The molecule has 0 saturated heterocycles. The minimum Gasteiger partial charge on any atom is -0.382 e. The van der Waals surface area contributed by atoms with Crippen LogP contribution in [0.3, 0.4) is 0 Å². The van der Waals surface area contributed by atoms with Crippen LogP contribution in [-0.2, 0) is 4.74 Å². The highest BCUT2D eigenvalue weighted by atomic mass is 32.1. The second-order valence-electron chi connectivity index (χ2n) is 3.45. The van der Waals surface area contributed by atoms with Crippen LogP contribution in [0.25, 0.3) is 0 Å². The zero-order valence-electron chi connectivity index (χ0n) is 9.90. The number of halogens is 3. The molecule has 0 unspecified atom stereocenters. The van der Waals surface area contributed by atoms with Crippen molar-refractivity contribution in [3.8, 4) is 0 Å². The topological polar surface area (TPSA) is 33.3 Å². The van der Waals surface area contributed by atoms with Gasteiger partial charge in [0.2, 0.25) is 0 Å². The van der Waals surface area contributed by atoms with Gasteiger partial charge in [-0.3, -0.25) is 0 Å². The molecule has 0 radical (unpaired) electrons. The van der Waals surface area contributed by atoms with Gasteiger partial charge in [0.05, 0.1) is 0 Å². The lowest BCUT2D eigenvalue weighted by atomic mass is 10.3. The van der Waals surface area contributed by atoms with E-state index in [0.717, 1.165) is 6.42 Å². The molecule has 0 spiro atoms. The molecule has 3 nitrogen and oxygen atoms in total. The molecule has 0 saturated carbocycles. The molecule has 7 heteroatoms. The van der Waals surface area contributed by atoms with Crippen molar-refractivity contribution in [2.75, 3.05) is 26.3 Å². The molecule has 102 valence electrons. The van der Waals surface area contributed by atoms with E-state index in [0.29, 0.717) is 24.9 Å². The second kappa shape index (κ2) is 9.47. The van der Waals surface area contributed by atoms with Crippen LogP contribution < -0.4 is 10.6 Å². The van der Waals surface area contributed by atoms with Crippen LogP contribution in [0.5, 0.6) is 0 Å². The van der Waals surface area contributed by atoms with Gasteiger partial charge in [-0.05, 0) is 32.0 Å². The number of alkyl halides is 3. The molecule has 0 aromatic carbocycles. The van der Waals surface area contributed by atoms with Gasteiger partial charge in [-0.25, -0.2) is 0 Å². The van der Waals surface area contributed by atoms with Crippen molar-refractivity contribution < 1.29 is 17.9 Å². The first-order valence-corrected chi connectivity index (χ1v) is 6.02. The van der Waals surface area contributed by atoms with Crippen LogP contribution >= 0.6 is 12.2 Å². The summed E-state index contributed by atoms with van der Waals surface area (Å²) >= 11 is 4.89. The van der Waals surface area contributed by atoms with Crippen molar-refractivity contribution >= 4 is 17.3 Å². The summed E-state index contributed by atoms with van der Waals surface area (Å²) in [7, 11) is 0. The van der Waals surface area contributed by atoms with E-state index in [9.17, 15) is 13.2 Å². The van der Waals surface area contributed by atoms with E-state index in [2.05, 4.69) is 10.6 Å². The molecule has 0 rings (SSSR count). The third kappa shape index (κ3) is 13.4. The van der Waals surface area contributed by atoms with Gasteiger partial charge >= 0.3 is 6.18 Å². The number of rotatable bonds is 8. The van der Waals surface area contributed by atoms with E-state index in [4.69, 9.17) is 17.0 Å². The van der Waals surface area contributed by atoms with Crippen LogP contribution in [0.4, 0.5) is 13.2 Å². The molecule has 17 heavy (non-hydrogen) atoms. The van der Waals surface area contributed by atoms with E-state index in [1.54, 1.807) is 0 Å². The Kier molecular flexibility index (Phi) is 9.16. The molecule has 0 aromatic rings. The van der Waals surface area contributed by atoms with Crippen molar-refractivity contribution in [3.05, 3.63) is 0 Å². The van der Waals surface area contributed by atoms with Crippen molar-refractivity contribution in [1.82, 2.24) is 10.6 Å². The maximum absolute atomic E-state index is 11.8. The first-order valence-electron chi connectivity index (χ1n) is 5.62. The zero-order chi connectivity index (χ0) is 13.1. The van der Waals surface area contributed by atoms with Gasteiger partial charge in [0, 0.05) is 32.7 Å². The standard InChI is InChI=1S/C10H19F3N2OS/c1-2-16-8-4-7-15-9(17)14-6-3-5-10(11,12)13/h2-8H2,1H3,(H2,14,15,17). The van der Waals surface area contributed by atoms with Gasteiger partial charge in [-0.1, -0.05) is 0 Å². The summed E-state index contributed by atoms with van der Waals surface area (Å²) < 4.78 is 40.6. The minimum atomic E-state index is -4.09. The average molecular weight is 272 g/mol. The fourth-order valence-electron chi connectivity index (χ4n) is 1.07. The molecule has 0 aliphatic heterocycles. The molecule has 0 amide bonds. The van der Waals surface area contributed by atoms with Gasteiger partial charge in [-0.15, -0.1) is 0 Å². The van der Waals surface area contributed by atoms with Gasteiger partial charge in [-0.2, -0.15) is 13.2 Å². The molecular weight excluding hydrogens is 253 g/mol. The summed E-state index contributed by atoms with van der Waals surface area (Å²) in [5, 5.41) is 6.02. The van der Waals surface area contributed by atoms with Gasteiger partial charge in [0.25, 0.3) is 0 Å². The van der Waals surface area contributed by atoms with E-state index in [1.807, 2.05) is 6.92 Å². The minimum absolute atomic E-state index is 0.0320. The summed E-state index contributed by atoms with van der Waals surface area (Å²) in [4.78, 5) is 0. The first kappa shape index (κ1) is 16.4. The average Bonchev–Trinajstić information content (AvgIpc) is 2.23. The smallest absolute Gasteiger partial charge is 0.382 e. The van der Waals surface area contributed by atoms with Crippen molar-refractivity contribution in [2.24, 2.45) is 0 Å². The van der Waals surface area contributed by atoms with Crippen LogP contribution in [0.1, 0.15) is 26.2 Å². The van der Waals surface area contributed by atoms with Crippen molar-refractivity contribution in [1.29, 1.82) is 0 Å². The van der Waals surface area contributed by atoms with Crippen molar-refractivity contribution in [3.63, 3.8) is 0 Å². The number of thiocarbonyl (C=S) groups is 1. The molecule has 0 atom stereocenters. The van der Waals surface area contributed by atoms with Crippen LogP contribution in [0.2, 0.25) is 0 Å². The Morgan fingerprint density at radius 1 is 1.18 bits per heavy atom. The maximum atomic E-state index is 11.8. The Labute approximate surface area is 105 Å². The molecule has 2 N–H and O–H groups in total. The fourth-order valence-corrected chi connectivity index (χ4v) is 1.28. The summed E-state index contributed by atoms with van der Waals surface area (Å²) in [6, 6.07) is 0. The summed E-state index contributed by atoms with van der Waals surface area (Å²) in [6.45, 7) is 4.14. The third-order valence-electron chi connectivity index (χ3n) is 1.88. The van der Waals surface area contributed by atoms with E-state index in [-0.39, 0.29) is 13.0 Å². The number of hydrogen-bond acceptors (Lipinski definition) is 2. The molecule has 0 heterocycles. The first-order chi connectivity index (χ1) is 7.95. The van der Waals surface area contributed by atoms with Gasteiger partial charge < -0.3 is 15.4 Å². The Morgan fingerprint density at radius 2 is 1.76 bits per heavy atom. The van der Waals surface area contributed by atoms with E-state index >= 15 is 0 Å².